The standard InChI is InChI=1S/C32H32F3N3O4/c33-32(34,35)41-27-4-2-1-3-23(27)28-24(29(42-37-28)20-5-6-20)15-19-17-31(18-19)11-13-38(14-12-31)22-8-10-25-21(16-22)7-9-26(36-25)30(39)40/h1-4,8,10,15-16,20,26,36H,5-7,9,11-14,17-18H2,(H,39,40). The summed E-state index contributed by atoms with van der Waals surface area (Å²) in [7, 11) is 0. The summed E-state index contributed by atoms with van der Waals surface area (Å²) < 4.78 is 49.3. The Bertz CT molecular complexity index is 1540. The van der Waals surface area contributed by atoms with Crippen molar-refractivity contribution in [2.45, 2.75) is 69.7 Å². The fraction of sp³-hybridized carbons (Fsp3) is 0.438. The van der Waals surface area contributed by atoms with Gasteiger partial charge in [-0.05, 0) is 98.8 Å². The molecule has 0 bridgehead atoms. The van der Waals surface area contributed by atoms with Crippen LogP contribution >= 0.6 is 0 Å². The van der Waals surface area contributed by atoms with Crippen LogP contribution in [0.3, 0.4) is 0 Å². The number of fused-ring (bicyclic) bond motifs is 1. The van der Waals surface area contributed by atoms with Crippen LogP contribution in [0.2, 0.25) is 0 Å². The minimum atomic E-state index is -4.80. The van der Waals surface area contributed by atoms with E-state index >= 15 is 0 Å². The molecule has 1 unspecified atom stereocenters. The average Bonchev–Trinajstić information content (AvgIpc) is 3.71. The highest BCUT2D eigenvalue weighted by atomic mass is 19.4. The maximum Gasteiger partial charge on any atom is 0.573 e. The second-order valence-electron chi connectivity index (χ2n) is 12.2. The Balaban J connectivity index is 1.05. The van der Waals surface area contributed by atoms with Gasteiger partial charge in [0.05, 0.1) is 0 Å². The van der Waals surface area contributed by atoms with E-state index in [1.165, 1.54) is 23.4 Å². The fourth-order valence-electron chi connectivity index (χ4n) is 6.84. The van der Waals surface area contributed by atoms with Crippen molar-refractivity contribution in [3.8, 4) is 17.0 Å². The van der Waals surface area contributed by atoms with Crippen molar-refractivity contribution in [1.29, 1.82) is 0 Å². The molecule has 2 N–H and O–H groups in total. The molecule has 2 aliphatic carbocycles. The van der Waals surface area contributed by atoms with Crippen molar-refractivity contribution in [2.24, 2.45) is 5.41 Å². The number of nitrogens with one attached hydrogen (secondary N) is 1. The van der Waals surface area contributed by atoms with E-state index in [9.17, 15) is 23.1 Å². The summed E-state index contributed by atoms with van der Waals surface area (Å²) >= 11 is 0. The van der Waals surface area contributed by atoms with E-state index in [2.05, 4.69) is 38.3 Å². The highest BCUT2D eigenvalue weighted by molar-refractivity contribution is 5.80. The lowest BCUT2D eigenvalue weighted by Gasteiger charge is -2.50. The number of aromatic nitrogens is 1. The molecule has 1 spiro atoms. The Hall–Kier alpha value is -3.95. The van der Waals surface area contributed by atoms with Crippen molar-refractivity contribution in [3.05, 3.63) is 64.9 Å². The topological polar surface area (TPSA) is 87.8 Å². The van der Waals surface area contributed by atoms with Gasteiger partial charge in [0.15, 0.2) is 0 Å². The zero-order valence-corrected chi connectivity index (χ0v) is 23.0. The molecule has 1 saturated heterocycles. The molecule has 0 amide bonds. The van der Waals surface area contributed by atoms with Gasteiger partial charge in [-0.3, -0.25) is 0 Å². The summed E-state index contributed by atoms with van der Waals surface area (Å²) in [5.74, 6) is -0.0822. The molecule has 7 nitrogen and oxygen atoms in total. The van der Waals surface area contributed by atoms with Crippen molar-refractivity contribution < 1.29 is 32.3 Å². The van der Waals surface area contributed by atoms with Gasteiger partial charge in [-0.15, -0.1) is 13.2 Å². The molecule has 0 radical (unpaired) electrons. The van der Waals surface area contributed by atoms with Crippen molar-refractivity contribution in [3.63, 3.8) is 0 Å². The van der Waals surface area contributed by atoms with Gasteiger partial charge in [0, 0.05) is 41.5 Å². The fourth-order valence-corrected chi connectivity index (χ4v) is 6.84. The van der Waals surface area contributed by atoms with E-state index in [0.29, 0.717) is 12.1 Å². The summed E-state index contributed by atoms with van der Waals surface area (Å²) in [4.78, 5) is 13.8. The Morgan fingerprint density at radius 2 is 1.88 bits per heavy atom. The molecule has 2 aliphatic heterocycles. The molecule has 3 aromatic rings. The number of hydrogen-bond donors (Lipinski definition) is 2. The van der Waals surface area contributed by atoms with Gasteiger partial charge in [0.25, 0.3) is 0 Å². The second kappa shape index (κ2) is 10.1. The number of alkyl halides is 3. The number of anilines is 2. The third-order valence-electron chi connectivity index (χ3n) is 9.23. The summed E-state index contributed by atoms with van der Waals surface area (Å²) in [5.41, 5.74) is 6.22. The summed E-state index contributed by atoms with van der Waals surface area (Å²) in [5, 5.41) is 16.7. The summed E-state index contributed by atoms with van der Waals surface area (Å²) in [6.45, 7) is 1.90. The number of ether oxygens (including phenoxy) is 1. The molecule has 2 aromatic carbocycles. The van der Waals surface area contributed by atoms with Crippen LogP contribution < -0.4 is 15.0 Å². The third kappa shape index (κ3) is 5.23. The normalized spacial score (nSPS) is 21.4. The maximum atomic E-state index is 13.1. The van der Waals surface area contributed by atoms with Crippen molar-refractivity contribution >= 4 is 23.4 Å². The van der Waals surface area contributed by atoms with Crippen LogP contribution in [0.4, 0.5) is 24.5 Å². The number of halogens is 3. The molecule has 4 aliphatic rings. The number of benzene rings is 2. The van der Waals surface area contributed by atoms with Gasteiger partial charge in [-0.1, -0.05) is 22.9 Å². The zero-order chi connectivity index (χ0) is 29.1. The zero-order valence-electron chi connectivity index (χ0n) is 23.0. The highest BCUT2D eigenvalue weighted by Gasteiger charge is 2.43. The first-order valence-corrected chi connectivity index (χ1v) is 14.6. The minimum Gasteiger partial charge on any atom is -0.480 e. The first-order chi connectivity index (χ1) is 20.2. The van der Waals surface area contributed by atoms with Crippen molar-refractivity contribution in [2.75, 3.05) is 23.3 Å². The number of carbonyl (C=O) groups is 1. The van der Waals surface area contributed by atoms with Crippen LogP contribution in [0, 0.1) is 5.41 Å². The Morgan fingerprint density at radius 3 is 2.60 bits per heavy atom. The Kier molecular flexibility index (Phi) is 6.47. The number of carboxylic acids is 1. The van der Waals surface area contributed by atoms with Crippen LogP contribution in [0.25, 0.3) is 17.3 Å². The number of carboxylic acid groups (broad SMARTS) is 1. The summed E-state index contributed by atoms with van der Waals surface area (Å²) in [6.07, 6.45) is 4.66. The number of para-hydroxylation sites is 1. The second-order valence-corrected chi connectivity index (χ2v) is 12.2. The molecule has 1 atom stereocenters. The molecule has 10 heteroatoms. The van der Waals surface area contributed by atoms with Crippen LogP contribution in [0.5, 0.6) is 5.75 Å². The third-order valence-corrected chi connectivity index (χ3v) is 9.23. The smallest absolute Gasteiger partial charge is 0.480 e. The van der Waals surface area contributed by atoms with E-state index in [4.69, 9.17) is 4.52 Å². The van der Waals surface area contributed by atoms with Gasteiger partial charge in [-0.2, -0.15) is 0 Å². The van der Waals surface area contributed by atoms with E-state index < -0.39 is 18.4 Å². The molecular formula is C32H32F3N3O4. The molecule has 220 valence electrons. The maximum absolute atomic E-state index is 13.1. The molecule has 3 heterocycles. The number of rotatable bonds is 6. The van der Waals surface area contributed by atoms with Crippen molar-refractivity contribution in [1.82, 2.24) is 5.16 Å². The number of nitrogens with zero attached hydrogens (tertiary/aromatic N) is 2. The Morgan fingerprint density at radius 1 is 1.12 bits per heavy atom. The lowest BCUT2D eigenvalue weighted by molar-refractivity contribution is -0.274. The molecule has 1 aromatic heterocycles. The number of allylic oxidation sites excluding steroid dienone is 1. The number of aliphatic carboxylic acids is 1. The van der Waals surface area contributed by atoms with E-state index in [1.54, 1.807) is 12.1 Å². The highest BCUT2D eigenvalue weighted by Crippen LogP contribution is 2.54. The van der Waals surface area contributed by atoms with Gasteiger partial charge in [-0.25, -0.2) is 4.79 Å². The van der Waals surface area contributed by atoms with Gasteiger partial charge < -0.3 is 24.6 Å². The van der Waals surface area contributed by atoms with Gasteiger partial charge in [0.1, 0.15) is 23.2 Å². The number of hydrogen-bond acceptors (Lipinski definition) is 6. The van der Waals surface area contributed by atoms with Crippen LogP contribution in [0.15, 0.2) is 52.6 Å². The summed E-state index contributed by atoms with van der Waals surface area (Å²) in [6, 6.07) is 11.8. The molecular weight excluding hydrogens is 547 g/mol. The molecule has 42 heavy (non-hydrogen) atoms. The largest absolute Gasteiger partial charge is 0.573 e. The lowest BCUT2D eigenvalue weighted by atomic mass is 9.60. The first-order valence-electron chi connectivity index (χ1n) is 14.6. The lowest BCUT2D eigenvalue weighted by Crippen LogP contribution is -2.44. The van der Waals surface area contributed by atoms with E-state index in [1.807, 2.05) is 6.07 Å². The quantitative estimate of drug-likeness (QED) is 0.315. The monoisotopic (exact) mass is 579 g/mol. The number of aryl methyl sites for hydroxylation is 1. The SMILES string of the molecule is O=C(O)C1CCc2cc(N3CCC4(CC3)CC(=Cc3c(-c5ccccc5OC(F)(F)F)noc3C3CC3)C4)ccc2N1. The van der Waals surface area contributed by atoms with Gasteiger partial charge >= 0.3 is 12.3 Å². The van der Waals surface area contributed by atoms with Crippen LogP contribution in [-0.2, 0) is 11.2 Å². The minimum absolute atomic E-state index is 0.237. The van der Waals surface area contributed by atoms with E-state index in [-0.39, 0.29) is 22.6 Å². The van der Waals surface area contributed by atoms with E-state index in [0.717, 1.165) is 80.6 Å². The average molecular weight is 580 g/mol. The number of piperidine rings is 1. The Labute approximate surface area is 241 Å². The molecule has 2 saturated carbocycles. The molecule has 7 rings (SSSR count). The predicted octanol–water partition coefficient (Wildman–Crippen LogP) is 7.39. The van der Waals surface area contributed by atoms with Crippen LogP contribution in [-0.4, -0.2) is 41.7 Å². The van der Waals surface area contributed by atoms with Gasteiger partial charge in [0.2, 0.25) is 0 Å². The first kappa shape index (κ1) is 26.9. The predicted molar refractivity (Wildman–Crippen MR) is 151 cm³/mol. The molecule has 3 fully saturated rings. The van der Waals surface area contributed by atoms with Crippen LogP contribution in [0.1, 0.15) is 67.8 Å².